The predicted octanol–water partition coefficient (Wildman–Crippen LogP) is 2.19. The van der Waals surface area contributed by atoms with Crippen LogP contribution in [0.4, 0.5) is 0 Å². The van der Waals surface area contributed by atoms with Gasteiger partial charge in [0.25, 0.3) is 0 Å². The zero-order chi connectivity index (χ0) is 11.3. The van der Waals surface area contributed by atoms with Crippen molar-refractivity contribution in [3.05, 3.63) is 0 Å². The lowest BCUT2D eigenvalue weighted by atomic mass is 9.82. The molecular weight excluding hydrogens is 204 g/mol. The van der Waals surface area contributed by atoms with Gasteiger partial charge in [0.1, 0.15) is 0 Å². The van der Waals surface area contributed by atoms with Gasteiger partial charge in [0.05, 0.1) is 0 Å². The third-order valence-electron chi connectivity index (χ3n) is 3.60. The molecule has 3 heteroatoms. The molecule has 1 fully saturated rings. The summed E-state index contributed by atoms with van der Waals surface area (Å²) in [5, 5.41) is 0. The Balaban J connectivity index is 2.35. The highest BCUT2D eigenvalue weighted by Gasteiger charge is 2.28. The molecule has 1 aliphatic rings. The summed E-state index contributed by atoms with van der Waals surface area (Å²) in [5.74, 6) is 1.24. The zero-order valence-corrected chi connectivity index (χ0v) is 11.3. The highest BCUT2D eigenvalue weighted by atomic mass is 32.2. The second-order valence-electron chi connectivity index (χ2n) is 5.37. The highest BCUT2D eigenvalue weighted by molar-refractivity contribution is 7.98. The molecule has 1 aliphatic heterocycles. The molecule has 1 atom stereocenters. The fourth-order valence-corrected chi connectivity index (χ4v) is 2.71. The van der Waals surface area contributed by atoms with Crippen molar-refractivity contribution in [1.29, 1.82) is 0 Å². The summed E-state index contributed by atoms with van der Waals surface area (Å²) < 4.78 is 0. The SMILES string of the molecule is CSCCC(CN)N1CCC(C)(C)CC1. The minimum Gasteiger partial charge on any atom is -0.329 e. The van der Waals surface area contributed by atoms with Gasteiger partial charge in [0, 0.05) is 12.6 Å². The quantitative estimate of drug-likeness (QED) is 0.785. The lowest BCUT2D eigenvalue weighted by molar-refractivity contribution is 0.0952. The molecule has 15 heavy (non-hydrogen) atoms. The van der Waals surface area contributed by atoms with Crippen molar-refractivity contribution in [3.8, 4) is 0 Å². The second kappa shape index (κ2) is 6.12. The predicted molar refractivity (Wildman–Crippen MR) is 70.4 cm³/mol. The van der Waals surface area contributed by atoms with Gasteiger partial charge in [-0.3, -0.25) is 4.90 Å². The van der Waals surface area contributed by atoms with E-state index >= 15 is 0 Å². The van der Waals surface area contributed by atoms with Crippen molar-refractivity contribution in [3.63, 3.8) is 0 Å². The first-order valence-corrected chi connectivity index (χ1v) is 7.41. The Morgan fingerprint density at radius 2 is 1.93 bits per heavy atom. The van der Waals surface area contributed by atoms with Crippen LogP contribution < -0.4 is 5.73 Å². The van der Waals surface area contributed by atoms with Crippen LogP contribution in [-0.4, -0.2) is 42.6 Å². The number of hydrogen-bond donors (Lipinski definition) is 1. The Labute approximate surface area is 99.0 Å². The Hall–Kier alpha value is 0.270. The molecule has 0 bridgehead atoms. The second-order valence-corrected chi connectivity index (χ2v) is 6.36. The van der Waals surface area contributed by atoms with Gasteiger partial charge >= 0.3 is 0 Å². The van der Waals surface area contributed by atoms with Gasteiger partial charge in [-0.25, -0.2) is 0 Å². The first kappa shape index (κ1) is 13.3. The number of piperidine rings is 1. The molecule has 90 valence electrons. The van der Waals surface area contributed by atoms with Crippen LogP contribution in [0.1, 0.15) is 33.1 Å². The third-order valence-corrected chi connectivity index (χ3v) is 4.24. The largest absolute Gasteiger partial charge is 0.329 e. The molecule has 0 aromatic rings. The molecule has 0 saturated carbocycles. The fourth-order valence-electron chi connectivity index (χ4n) is 2.20. The number of likely N-dealkylation sites (tertiary alicyclic amines) is 1. The van der Waals surface area contributed by atoms with Crippen LogP contribution in [0.15, 0.2) is 0 Å². The maximum atomic E-state index is 5.86. The van der Waals surface area contributed by atoms with Crippen molar-refractivity contribution < 1.29 is 0 Å². The Bertz CT molecular complexity index is 172. The number of rotatable bonds is 5. The van der Waals surface area contributed by atoms with Gasteiger partial charge in [-0.2, -0.15) is 11.8 Å². The van der Waals surface area contributed by atoms with E-state index in [1.807, 2.05) is 11.8 Å². The van der Waals surface area contributed by atoms with E-state index in [9.17, 15) is 0 Å². The van der Waals surface area contributed by atoms with Gasteiger partial charge in [-0.1, -0.05) is 13.8 Å². The summed E-state index contributed by atoms with van der Waals surface area (Å²) in [6.45, 7) is 8.06. The van der Waals surface area contributed by atoms with Crippen molar-refractivity contribution in [1.82, 2.24) is 4.90 Å². The standard InChI is InChI=1S/C12H26N2S/c1-12(2)5-7-14(8-6-12)11(10-13)4-9-15-3/h11H,4-10,13H2,1-3H3. The molecule has 0 amide bonds. The van der Waals surface area contributed by atoms with E-state index in [1.165, 1.54) is 38.1 Å². The monoisotopic (exact) mass is 230 g/mol. The molecule has 1 unspecified atom stereocenters. The van der Waals surface area contributed by atoms with Crippen LogP contribution in [-0.2, 0) is 0 Å². The summed E-state index contributed by atoms with van der Waals surface area (Å²) in [4.78, 5) is 2.60. The van der Waals surface area contributed by atoms with Gasteiger partial charge in [0.2, 0.25) is 0 Å². The summed E-state index contributed by atoms with van der Waals surface area (Å²) in [5.41, 5.74) is 6.41. The summed E-state index contributed by atoms with van der Waals surface area (Å²) in [6.07, 6.45) is 6.07. The maximum absolute atomic E-state index is 5.86. The van der Waals surface area contributed by atoms with E-state index < -0.39 is 0 Å². The lowest BCUT2D eigenvalue weighted by Crippen LogP contribution is -2.47. The molecule has 0 aromatic heterocycles. The molecule has 2 N–H and O–H groups in total. The summed E-state index contributed by atoms with van der Waals surface area (Å²) >= 11 is 1.93. The van der Waals surface area contributed by atoms with Crippen LogP contribution >= 0.6 is 11.8 Å². The van der Waals surface area contributed by atoms with E-state index in [0.29, 0.717) is 11.5 Å². The lowest BCUT2D eigenvalue weighted by Gasteiger charge is -2.40. The number of hydrogen-bond acceptors (Lipinski definition) is 3. The molecule has 1 saturated heterocycles. The van der Waals surface area contributed by atoms with Gasteiger partial charge in [0.15, 0.2) is 0 Å². The Morgan fingerprint density at radius 3 is 2.40 bits per heavy atom. The molecule has 0 aliphatic carbocycles. The van der Waals surface area contributed by atoms with E-state index in [2.05, 4.69) is 25.0 Å². The summed E-state index contributed by atoms with van der Waals surface area (Å²) in [6, 6.07) is 0.619. The van der Waals surface area contributed by atoms with Crippen LogP contribution in [0.2, 0.25) is 0 Å². The topological polar surface area (TPSA) is 29.3 Å². The number of nitrogens with two attached hydrogens (primary N) is 1. The van der Waals surface area contributed by atoms with Crippen LogP contribution in [0.25, 0.3) is 0 Å². The van der Waals surface area contributed by atoms with E-state index in [1.54, 1.807) is 0 Å². The van der Waals surface area contributed by atoms with E-state index in [4.69, 9.17) is 5.73 Å². The first-order valence-electron chi connectivity index (χ1n) is 6.02. The van der Waals surface area contributed by atoms with Gasteiger partial charge in [-0.15, -0.1) is 0 Å². The van der Waals surface area contributed by atoms with Crippen molar-refractivity contribution in [2.75, 3.05) is 31.6 Å². The fraction of sp³-hybridized carbons (Fsp3) is 1.00. The van der Waals surface area contributed by atoms with Crippen molar-refractivity contribution in [2.24, 2.45) is 11.1 Å². The molecule has 0 radical (unpaired) electrons. The van der Waals surface area contributed by atoms with E-state index in [0.717, 1.165) is 6.54 Å². The van der Waals surface area contributed by atoms with Crippen molar-refractivity contribution in [2.45, 2.75) is 39.2 Å². The molecule has 1 rings (SSSR count). The maximum Gasteiger partial charge on any atom is 0.0226 e. The van der Waals surface area contributed by atoms with Gasteiger partial charge in [-0.05, 0) is 49.8 Å². The van der Waals surface area contributed by atoms with Gasteiger partial charge < -0.3 is 5.73 Å². The Kier molecular flexibility index (Phi) is 5.44. The molecule has 2 nitrogen and oxygen atoms in total. The van der Waals surface area contributed by atoms with E-state index in [-0.39, 0.29) is 0 Å². The molecule has 1 heterocycles. The number of nitrogens with zero attached hydrogens (tertiary/aromatic N) is 1. The molecule has 0 aromatic carbocycles. The molecular formula is C12H26N2S. The number of thioether (sulfide) groups is 1. The highest BCUT2D eigenvalue weighted by Crippen LogP contribution is 2.30. The minimum absolute atomic E-state index is 0.551. The van der Waals surface area contributed by atoms with Crippen LogP contribution in [0.3, 0.4) is 0 Å². The first-order chi connectivity index (χ1) is 7.09. The average Bonchev–Trinajstić information content (AvgIpc) is 2.21. The van der Waals surface area contributed by atoms with Crippen LogP contribution in [0, 0.1) is 5.41 Å². The average molecular weight is 230 g/mol. The molecule has 0 spiro atoms. The Morgan fingerprint density at radius 1 is 1.33 bits per heavy atom. The smallest absolute Gasteiger partial charge is 0.0226 e. The zero-order valence-electron chi connectivity index (χ0n) is 10.5. The van der Waals surface area contributed by atoms with Crippen LogP contribution in [0.5, 0.6) is 0 Å². The third kappa shape index (κ3) is 4.33. The normalized spacial score (nSPS) is 24.0. The summed E-state index contributed by atoms with van der Waals surface area (Å²) in [7, 11) is 0. The minimum atomic E-state index is 0.551. The van der Waals surface area contributed by atoms with Crippen molar-refractivity contribution >= 4 is 11.8 Å².